The molecule has 0 atom stereocenters. The van der Waals surface area contributed by atoms with Crippen molar-refractivity contribution in [3.05, 3.63) is 53.9 Å². The van der Waals surface area contributed by atoms with Gasteiger partial charge in [0.2, 0.25) is 0 Å². The van der Waals surface area contributed by atoms with Gasteiger partial charge in [-0.1, -0.05) is 30.3 Å². The molecule has 0 saturated carbocycles. The Morgan fingerprint density at radius 2 is 1.95 bits per heavy atom. The third-order valence-electron chi connectivity index (χ3n) is 2.91. The summed E-state index contributed by atoms with van der Waals surface area (Å²) in [5.74, 6) is 0. The second kappa shape index (κ2) is 4.70. The highest BCUT2D eigenvalue weighted by atomic mass is 19.3. The van der Waals surface area contributed by atoms with Gasteiger partial charge in [-0.2, -0.15) is 10.4 Å². The highest BCUT2D eigenvalue weighted by Gasteiger charge is 2.17. The smallest absolute Gasteiger partial charge is 0.226 e. The molecule has 0 amide bonds. The van der Waals surface area contributed by atoms with E-state index in [0.29, 0.717) is 5.69 Å². The summed E-state index contributed by atoms with van der Waals surface area (Å²) in [5, 5.41) is 13.0. The predicted molar refractivity (Wildman–Crippen MR) is 68.1 cm³/mol. The second-order valence-electron chi connectivity index (χ2n) is 4.14. The zero-order valence-electron chi connectivity index (χ0n) is 10.2. The van der Waals surface area contributed by atoms with E-state index in [1.54, 1.807) is 24.3 Å². The van der Waals surface area contributed by atoms with E-state index >= 15 is 0 Å². The van der Waals surface area contributed by atoms with Crippen molar-refractivity contribution in [1.29, 1.82) is 5.26 Å². The maximum absolute atomic E-state index is 13.0. The van der Waals surface area contributed by atoms with Crippen LogP contribution in [0.25, 0.3) is 16.9 Å². The zero-order valence-corrected chi connectivity index (χ0v) is 10.2. The molecule has 3 aromatic rings. The van der Waals surface area contributed by atoms with Gasteiger partial charge in [-0.05, 0) is 6.07 Å². The minimum atomic E-state index is -2.70. The molecule has 0 N–H and O–H groups in total. The Labute approximate surface area is 112 Å². The van der Waals surface area contributed by atoms with Crippen molar-refractivity contribution in [2.24, 2.45) is 0 Å². The Morgan fingerprint density at radius 3 is 2.60 bits per heavy atom. The summed E-state index contributed by atoms with van der Waals surface area (Å²) in [6.45, 7) is 0. The molecule has 0 bridgehead atoms. The average molecular weight is 270 g/mol. The van der Waals surface area contributed by atoms with E-state index in [1.807, 2.05) is 12.1 Å². The van der Waals surface area contributed by atoms with Crippen LogP contribution in [0.2, 0.25) is 0 Å². The first-order valence-electron chi connectivity index (χ1n) is 5.83. The number of benzene rings is 1. The van der Waals surface area contributed by atoms with Gasteiger partial charge in [0.15, 0.2) is 5.65 Å². The molecule has 0 aliphatic rings. The Morgan fingerprint density at radius 1 is 1.20 bits per heavy atom. The number of alkyl halides is 2. The van der Waals surface area contributed by atoms with Crippen molar-refractivity contribution < 1.29 is 8.78 Å². The zero-order chi connectivity index (χ0) is 14.1. The van der Waals surface area contributed by atoms with E-state index < -0.39 is 6.43 Å². The van der Waals surface area contributed by atoms with E-state index in [-0.39, 0.29) is 16.9 Å². The van der Waals surface area contributed by atoms with E-state index in [2.05, 4.69) is 10.1 Å². The fraction of sp³-hybridized carbons (Fsp3) is 0.0714. The Kier molecular flexibility index (Phi) is 2.88. The minimum absolute atomic E-state index is 0.143. The van der Waals surface area contributed by atoms with E-state index in [0.717, 1.165) is 5.56 Å². The standard InChI is InChI=1S/C14H8F2N4/c15-13(16)11-6-12(9-4-2-1-3-5-9)20-14(19-11)10(7-17)8-18-20/h1-6,8,13H. The predicted octanol–water partition coefficient (Wildman–Crippen LogP) is 3.21. The number of nitriles is 1. The molecular formula is C14H8F2N4. The number of hydrogen-bond donors (Lipinski definition) is 0. The molecule has 2 aromatic heterocycles. The summed E-state index contributed by atoms with van der Waals surface area (Å²) < 4.78 is 27.3. The maximum atomic E-state index is 13.0. The maximum Gasteiger partial charge on any atom is 0.280 e. The molecule has 0 unspecified atom stereocenters. The topological polar surface area (TPSA) is 54.0 Å². The summed E-state index contributed by atoms with van der Waals surface area (Å²) in [4.78, 5) is 3.82. The van der Waals surface area contributed by atoms with Crippen LogP contribution in [0.1, 0.15) is 17.7 Å². The Bertz CT molecular complexity index is 803. The monoisotopic (exact) mass is 270 g/mol. The van der Waals surface area contributed by atoms with Crippen molar-refractivity contribution in [2.75, 3.05) is 0 Å². The lowest BCUT2D eigenvalue weighted by Gasteiger charge is -2.07. The minimum Gasteiger partial charge on any atom is -0.226 e. The van der Waals surface area contributed by atoms with Crippen molar-refractivity contribution in [1.82, 2.24) is 14.6 Å². The summed E-state index contributed by atoms with van der Waals surface area (Å²) in [6.07, 6.45) is -1.38. The van der Waals surface area contributed by atoms with Gasteiger partial charge in [-0.15, -0.1) is 0 Å². The van der Waals surface area contributed by atoms with Crippen LogP contribution < -0.4 is 0 Å². The highest BCUT2D eigenvalue weighted by molar-refractivity contribution is 5.66. The van der Waals surface area contributed by atoms with Crippen LogP contribution in [0.4, 0.5) is 8.78 Å². The molecule has 0 spiro atoms. The van der Waals surface area contributed by atoms with Crippen LogP contribution in [0, 0.1) is 11.3 Å². The van der Waals surface area contributed by atoms with Crippen molar-refractivity contribution in [3.63, 3.8) is 0 Å². The van der Waals surface area contributed by atoms with Crippen LogP contribution >= 0.6 is 0 Å². The van der Waals surface area contributed by atoms with Gasteiger partial charge in [0.1, 0.15) is 17.3 Å². The number of nitrogens with zero attached hydrogens (tertiary/aromatic N) is 4. The summed E-state index contributed by atoms with van der Waals surface area (Å²) >= 11 is 0. The van der Waals surface area contributed by atoms with Gasteiger partial charge < -0.3 is 0 Å². The van der Waals surface area contributed by atoms with Crippen LogP contribution in [-0.2, 0) is 0 Å². The van der Waals surface area contributed by atoms with Crippen LogP contribution in [0.5, 0.6) is 0 Å². The molecule has 20 heavy (non-hydrogen) atoms. The molecule has 0 aliphatic heterocycles. The molecule has 1 aromatic carbocycles. The van der Waals surface area contributed by atoms with Crippen LogP contribution in [-0.4, -0.2) is 14.6 Å². The Balaban J connectivity index is 2.36. The number of hydrogen-bond acceptors (Lipinski definition) is 3. The number of aromatic nitrogens is 3. The normalized spacial score (nSPS) is 10.9. The molecular weight excluding hydrogens is 262 g/mol. The second-order valence-corrected chi connectivity index (χ2v) is 4.14. The highest BCUT2D eigenvalue weighted by Crippen LogP contribution is 2.26. The van der Waals surface area contributed by atoms with Crippen molar-refractivity contribution in [3.8, 4) is 17.3 Å². The quantitative estimate of drug-likeness (QED) is 0.718. The molecule has 98 valence electrons. The van der Waals surface area contributed by atoms with E-state index in [4.69, 9.17) is 5.26 Å². The van der Waals surface area contributed by atoms with Gasteiger partial charge in [0.05, 0.1) is 11.9 Å². The number of fused-ring (bicyclic) bond motifs is 1. The van der Waals surface area contributed by atoms with Gasteiger partial charge >= 0.3 is 0 Å². The van der Waals surface area contributed by atoms with Gasteiger partial charge in [-0.25, -0.2) is 18.3 Å². The molecule has 4 nitrogen and oxygen atoms in total. The van der Waals surface area contributed by atoms with Gasteiger partial charge in [-0.3, -0.25) is 0 Å². The fourth-order valence-electron chi connectivity index (χ4n) is 1.99. The lowest BCUT2D eigenvalue weighted by molar-refractivity contribution is 0.146. The van der Waals surface area contributed by atoms with Crippen molar-refractivity contribution in [2.45, 2.75) is 6.43 Å². The SMILES string of the molecule is N#Cc1cnn2c(-c3ccccc3)cc(C(F)F)nc12. The number of halogens is 2. The van der Waals surface area contributed by atoms with E-state index in [1.165, 1.54) is 16.8 Å². The molecule has 0 fully saturated rings. The van der Waals surface area contributed by atoms with Gasteiger partial charge in [0, 0.05) is 5.56 Å². The lowest BCUT2D eigenvalue weighted by Crippen LogP contribution is -2.01. The largest absolute Gasteiger partial charge is 0.280 e. The average Bonchev–Trinajstić information content (AvgIpc) is 2.90. The first-order chi connectivity index (χ1) is 9.70. The molecule has 0 radical (unpaired) electrons. The molecule has 6 heteroatoms. The lowest BCUT2D eigenvalue weighted by atomic mass is 10.1. The van der Waals surface area contributed by atoms with Crippen molar-refractivity contribution >= 4 is 5.65 Å². The number of rotatable bonds is 2. The molecule has 0 saturated heterocycles. The summed E-state index contributed by atoms with van der Waals surface area (Å²) in [5.41, 5.74) is 1.16. The fourth-order valence-corrected chi connectivity index (χ4v) is 1.99. The molecule has 2 heterocycles. The van der Waals surface area contributed by atoms with Gasteiger partial charge in [0.25, 0.3) is 6.43 Å². The van der Waals surface area contributed by atoms with Crippen LogP contribution in [0.15, 0.2) is 42.6 Å². The Hall–Kier alpha value is -2.81. The summed E-state index contributed by atoms with van der Waals surface area (Å²) in [7, 11) is 0. The van der Waals surface area contributed by atoms with E-state index in [9.17, 15) is 8.78 Å². The summed E-state index contributed by atoms with van der Waals surface area (Å²) in [6, 6.07) is 12.2. The first kappa shape index (κ1) is 12.2. The first-order valence-corrected chi connectivity index (χ1v) is 5.83. The molecule has 3 rings (SSSR count). The molecule has 0 aliphatic carbocycles. The van der Waals surface area contributed by atoms with Crippen LogP contribution in [0.3, 0.4) is 0 Å². The third-order valence-corrected chi connectivity index (χ3v) is 2.91. The third kappa shape index (κ3) is 1.89.